The first-order chi connectivity index (χ1) is 11.5. The molecule has 1 atom stereocenters. The molecule has 1 unspecified atom stereocenters. The second kappa shape index (κ2) is 7.01. The number of rotatable bonds is 6. The number of benzene rings is 1. The average molecular weight is 332 g/mol. The lowest BCUT2D eigenvalue weighted by molar-refractivity contribution is -0.124. The maximum absolute atomic E-state index is 13.1. The Morgan fingerprint density at radius 3 is 2.42 bits per heavy atom. The van der Waals surface area contributed by atoms with Gasteiger partial charge in [0.2, 0.25) is 5.91 Å². The Hall–Kier alpha value is -1.75. The molecule has 0 radical (unpaired) electrons. The molecular weight excluding hydrogens is 307 g/mol. The van der Waals surface area contributed by atoms with Gasteiger partial charge in [-0.25, -0.2) is 4.39 Å². The monoisotopic (exact) mass is 332 g/mol. The van der Waals surface area contributed by atoms with Crippen molar-refractivity contribution in [1.29, 1.82) is 0 Å². The van der Waals surface area contributed by atoms with Crippen LogP contribution < -0.4 is 11.1 Å². The molecule has 0 aromatic heterocycles. The molecule has 24 heavy (non-hydrogen) atoms. The van der Waals surface area contributed by atoms with Crippen LogP contribution in [0.15, 0.2) is 24.3 Å². The fourth-order valence-corrected chi connectivity index (χ4v) is 3.75. The Morgan fingerprint density at radius 1 is 1.25 bits per heavy atom. The van der Waals surface area contributed by atoms with Crippen molar-refractivity contribution in [2.45, 2.75) is 50.0 Å². The number of nitrogens with one attached hydrogen (secondary N) is 1. The minimum absolute atomic E-state index is 0.0573. The van der Waals surface area contributed by atoms with E-state index in [0.29, 0.717) is 6.54 Å². The van der Waals surface area contributed by atoms with E-state index >= 15 is 0 Å². The van der Waals surface area contributed by atoms with Crippen LogP contribution in [0.25, 0.3) is 0 Å². The topological polar surface area (TPSA) is 72.2 Å². The molecule has 2 aliphatic rings. The van der Waals surface area contributed by atoms with E-state index < -0.39 is 6.04 Å². The van der Waals surface area contributed by atoms with Crippen LogP contribution in [0.1, 0.15) is 44.1 Å². The van der Waals surface area contributed by atoms with Gasteiger partial charge in [0, 0.05) is 17.9 Å². The van der Waals surface area contributed by atoms with E-state index in [4.69, 9.17) is 5.73 Å². The predicted octanol–water partition coefficient (Wildman–Crippen LogP) is 2.31. The molecule has 0 bridgehead atoms. The van der Waals surface area contributed by atoms with Crippen molar-refractivity contribution in [1.82, 2.24) is 5.32 Å². The van der Waals surface area contributed by atoms with Gasteiger partial charge in [0.25, 0.3) is 0 Å². The molecule has 0 heterocycles. The van der Waals surface area contributed by atoms with E-state index in [1.807, 2.05) is 0 Å². The van der Waals surface area contributed by atoms with Crippen LogP contribution in [0.3, 0.4) is 0 Å². The van der Waals surface area contributed by atoms with Crippen LogP contribution in [0, 0.1) is 17.7 Å². The number of halogens is 1. The first kappa shape index (κ1) is 17.1. The normalized spacial score (nSPS) is 26.4. The number of amides is 1. The minimum Gasteiger partial charge on any atom is -0.354 e. The third-order valence-corrected chi connectivity index (χ3v) is 5.73. The largest absolute Gasteiger partial charge is 0.354 e. The van der Waals surface area contributed by atoms with Crippen molar-refractivity contribution in [3.8, 4) is 0 Å². The summed E-state index contributed by atoms with van der Waals surface area (Å²) in [6.07, 6.45) is 6.34. The molecule has 130 valence electrons. The quantitative estimate of drug-likeness (QED) is 0.785. The highest BCUT2D eigenvalue weighted by Crippen LogP contribution is 2.47. The second-order valence-corrected chi connectivity index (χ2v) is 7.34. The molecular formula is C19H25FN2O2. The Morgan fingerprint density at radius 2 is 1.88 bits per heavy atom. The van der Waals surface area contributed by atoms with Crippen molar-refractivity contribution >= 4 is 12.2 Å². The SMILES string of the molecule is NC(C(=O)NCC1(c2ccc(F)cc2)CC1)C1CCC(C=O)CC1. The fourth-order valence-electron chi connectivity index (χ4n) is 3.75. The van der Waals surface area contributed by atoms with Crippen molar-refractivity contribution in [2.24, 2.45) is 17.6 Å². The summed E-state index contributed by atoms with van der Waals surface area (Å²) in [4.78, 5) is 23.2. The summed E-state index contributed by atoms with van der Waals surface area (Å²) >= 11 is 0. The number of carbonyl (C=O) groups is 2. The Kier molecular flexibility index (Phi) is 4.99. The molecule has 3 N–H and O–H groups in total. The first-order valence-electron chi connectivity index (χ1n) is 8.79. The lowest BCUT2D eigenvalue weighted by Gasteiger charge is -2.29. The highest BCUT2D eigenvalue weighted by molar-refractivity contribution is 5.82. The molecule has 2 fully saturated rings. The van der Waals surface area contributed by atoms with Crippen molar-refractivity contribution in [2.75, 3.05) is 6.54 Å². The lowest BCUT2D eigenvalue weighted by atomic mass is 9.79. The molecule has 1 aromatic rings. The fraction of sp³-hybridized carbons (Fsp3) is 0.579. The lowest BCUT2D eigenvalue weighted by Crippen LogP contribution is -2.48. The standard InChI is InChI=1S/C19H25FN2O2/c20-16-7-5-15(6-8-16)19(9-10-19)12-22-18(24)17(21)14-3-1-13(11-23)2-4-14/h5-8,11,13-14,17H,1-4,9-10,12,21H2,(H,22,24). The Labute approximate surface area is 142 Å². The molecule has 0 spiro atoms. The molecule has 5 heteroatoms. The van der Waals surface area contributed by atoms with Gasteiger partial charge in [-0.3, -0.25) is 4.79 Å². The summed E-state index contributed by atoms with van der Waals surface area (Å²) in [7, 11) is 0. The Balaban J connectivity index is 1.52. The zero-order valence-electron chi connectivity index (χ0n) is 13.8. The molecule has 2 saturated carbocycles. The van der Waals surface area contributed by atoms with Gasteiger partial charge < -0.3 is 15.8 Å². The van der Waals surface area contributed by atoms with Gasteiger partial charge in [-0.2, -0.15) is 0 Å². The van der Waals surface area contributed by atoms with E-state index in [1.54, 1.807) is 12.1 Å². The summed E-state index contributed by atoms with van der Waals surface area (Å²) in [5.74, 6) is -0.0728. The van der Waals surface area contributed by atoms with Crippen LogP contribution in [-0.2, 0) is 15.0 Å². The van der Waals surface area contributed by atoms with Gasteiger partial charge in [0.1, 0.15) is 12.1 Å². The molecule has 4 nitrogen and oxygen atoms in total. The number of carbonyl (C=O) groups excluding carboxylic acids is 2. The zero-order chi connectivity index (χ0) is 17.2. The van der Waals surface area contributed by atoms with Gasteiger partial charge in [-0.05, 0) is 62.1 Å². The highest BCUT2D eigenvalue weighted by Gasteiger charge is 2.44. The average Bonchev–Trinajstić information content (AvgIpc) is 3.41. The number of nitrogens with two attached hydrogens (primary N) is 1. The van der Waals surface area contributed by atoms with E-state index in [1.165, 1.54) is 12.1 Å². The van der Waals surface area contributed by atoms with Crippen molar-refractivity contribution < 1.29 is 14.0 Å². The molecule has 2 aliphatic carbocycles. The van der Waals surface area contributed by atoms with Crippen LogP contribution in [0.2, 0.25) is 0 Å². The van der Waals surface area contributed by atoms with Gasteiger partial charge in [0.15, 0.2) is 0 Å². The van der Waals surface area contributed by atoms with Crippen molar-refractivity contribution in [3.63, 3.8) is 0 Å². The number of hydrogen-bond acceptors (Lipinski definition) is 3. The Bertz CT molecular complexity index is 590. The van der Waals surface area contributed by atoms with E-state index in [0.717, 1.165) is 50.4 Å². The third-order valence-electron chi connectivity index (χ3n) is 5.73. The first-order valence-corrected chi connectivity index (χ1v) is 8.79. The van der Waals surface area contributed by atoms with Crippen LogP contribution in [0.4, 0.5) is 4.39 Å². The van der Waals surface area contributed by atoms with Crippen LogP contribution >= 0.6 is 0 Å². The van der Waals surface area contributed by atoms with E-state index in [2.05, 4.69) is 5.32 Å². The molecule has 3 rings (SSSR count). The summed E-state index contributed by atoms with van der Waals surface area (Å²) in [5, 5.41) is 2.99. The van der Waals surface area contributed by atoms with Crippen LogP contribution in [-0.4, -0.2) is 24.8 Å². The maximum atomic E-state index is 13.1. The molecule has 0 aliphatic heterocycles. The summed E-state index contributed by atoms with van der Waals surface area (Å²) < 4.78 is 13.1. The predicted molar refractivity (Wildman–Crippen MR) is 89.8 cm³/mol. The number of aldehydes is 1. The van der Waals surface area contributed by atoms with E-state index in [-0.39, 0.29) is 29.0 Å². The highest BCUT2D eigenvalue weighted by atomic mass is 19.1. The van der Waals surface area contributed by atoms with Gasteiger partial charge in [-0.1, -0.05) is 12.1 Å². The molecule has 1 aromatic carbocycles. The smallest absolute Gasteiger partial charge is 0.237 e. The van der Waals surface area contributed by atoms with Gasteiger partial charge >= 0.3 is 0 Å². The molecule has 0 saturated heterocycles. The number of hydrogen-bond donors (Lipinski definition) is 2. The van der Waals surface area contributed by atoms with E-state index in [9.17, 15) is 14.0 Å². The second-order valence-electron chi connectivity index (χ2n) is 7.34. The van der Waals surface area contributed by atoms with Crippen molar-refractivity contribution in [3.05, 3.63) is 35.6 Å². The van der Waals surface area contributed by atoms with Gasteiger partial charge in [-0.15, -0.1) is 0 Å². The van der Waals surface area contributed by atoms with Crippen LogP contribution in [0.5, 0.6) is 0 Å². The summed E-state index contributed by atoms with van der Waals surface area (Å²) in [6.45, 7) is 0.550. The molecule has 1 amide bonds. The third kappa shape index (κ3) is 3.66. The summed E-state index contributed by atoms with van der Waals surface area (Å²) in [6, 6.07) is 6.02. The maximum Gasteiger partial charge on any atom is 0.237 e. The minimum atomic E-state index is -0.512. The zero-order valence-corrected chi connectivity index (χ0v) is 13.8. The summed E-state index contributed by atoms with van der Waals surface area (Å²) in [5.41, 5.74) is 7.15. The van der Waals surface area contributed by atoms with Gasteiger partial charge in [0.05, 0.1) is 6.04 Å².